The number of nitrogens with one attached hydrogen (secondary N) is 1. The van der Waals surface area contributed by atoms with Gasteiger partial charge in [-0.1, -0.05) is 37.0 Å². The summed E-state index contributed by atoms with van der Waals surface area (Å²) in [5.41, 5.74) is 0.938. The molecule has 0 amide bonds. The lowest BCUT2D eigenvalue weighted by Crippen LogP contribution is -2.11. The molecule has 0 aliphatic rings. The van der Waals surface area contributed by atoms with Gasteiger partial charge in [-0.15, -0.1) is 0 Å². The minimum absolute atomic E-state index is 0.540. The Bertz CT molecular complexity index is 535. The van der Waals surface area contributed by atoms with Crippen LogP contribution in [0.25, 0.3) is 5.69 Å². The Hall–Kier alpha value is -1.19. The van der Waals surface area contributed by atoms with Crippen molar-refractivity contribution in [3.8, 4) is 5.69 Å². The lowest BCUT2D eigenvalue weighted by molar-refractivity contribution is 0.683. The molecule has 3 nitrogen and oxygen atoms in total. The van der Waals surface area contributed by atoms with Crippen molar-refractivity contribution in [3.05, 3.63) is 40.6 Å². The highest BCUT2D eigenvalue weighted by atomic mass is 35.5. The molecule has 0 atom stereocenters. The molecule has 2 rings (SSSR count). The second kappa shape index (κ2) is 5.63. The van der Waals surface area contributed by atoms with Crippen molar-refractivity contribution in [1.29, 1.82) is 0 Å². The molecule has 0 bridgehead atoms. The van der Waals surface area contributed by atoms with E-state index in [1.807, 2.05) is 22.9 Å². The summed E-state index contributed by atoms with van der Waals surface area (Å²) >= 11 is 11.9. The molecular weight excluding hydrogens is 269 g/mol. The third-order valence-corrected chi connectivity index (χ3v) is 3.23. The predicted octanol–water partition coefficient (Wildman–Crippen LogP) is 4.25. The molecule has 0 spiro atoms. The molecular formula is C13H15Cl2N3. The quantitative estimate of drug-likeness (QED) is 0.909. The van der Waals surface area contributed by atoms with Gasteiger partial charge in [-0.05, 0) is 24.1 Å². The summed E-state index contributed by atoms with van der Waals surface area (Å²) in [4.78, 5) is 4.29. The van der Waals surface area contributed by atoms with Crippen LogP contribution >= 0.6 is 23.2 Å². The fourth-order valence-electron chi connectivity index (χ4n) is 1.57. The average molecular weight is 284 g/mol. The van der Waals surface area contributed by atoms with Gasteiger partial charge < -0.3 is 5.32 Å². The third kappa shape index (κ3) is 2.98. The van der Waals surface area contributed by atoms with Gasteiger partial charge in [0.1, 0.15) is 0 Å². The summed E-state index contributed by atoms with van der Waals surface area (Å²) in [6.45, 7) is 5.18. The summed E-state index contributed by atoms with van der Waals surface area (Å²) in [5.74, 6) is 1.37. The lowest BCUT2D eigenvalue weighted by atomic mass is 10.2. The number of aromatic nitrogens is 2. The average Bonchev–Trinajstić information content (AvgIpc) is 2.78. The van der Waals surface area contributed by atoms with E-state index in [1.54, 1.807) is 12.3 Å². The molecule has 5 heteroatoms. The van der Waals surface area contributed by atoms with E-state index in [9.17, 15) is 0 Å². The van der Waals surface area contributed by atoms with E-state index in [0.29, 0.717) is 16.0 Å². The summed E-state index contributed by atoms with van der Waals surface area (Å²) in [7, 11) is 0. The SMILES string of the molecule is CC(C)CNc1nccn1-c1ccc(Cl)c(Cl)c1. The van der Waals surface area contributed by atoms with Crippen LogP contribution in [-0.4, -0.2) is 16.1 Å². The summed E-state index contributed by atoms with van der Waals surface area (Å²) in [6.07, 6.45) is 3.65. The Balaban J connectivity index is 2.27. The van der Waals surface area contributed by atoms with E-state index in [2.05, 4.69) is 24.1 Å². The van der Waals surface area contributed by atoms with Crippen LogP contribution in [0.5, 0.6) is 0 Å². The first-order valence-corrected chi connectivity index (χ1v) is 6.56. The second-order valence-corrected chi connectivity index (χ2v) is 5.31. The number of rotatable bonds is 4. The first-order valence-electron chi connectivity index (χ1n) is 5.80. The smallest absolute Gasteiger partial charge is 0.207 e. The highest BCUT2D eigenvalue weighted by Crippen LogP contribution is 2.25. The minimum Gasteiger partial charge on any atom is -0.355 e. The number of benzene rings is 1. The predicted molar refractivity (Wildman–Crippen MR) is 76.9 cm³/mol. The standard InChI is InChI=1S/C13H15Cl2N3/c1-9(2)8-17-13-16-5-6-18(13)10-3-4-11(14)12(15)7-10/h3-7,9H,8H2,1-2H3,(H,16,17). The zero-order valence-electron chi connectivity index (χ0n) is 10.3. The van der Waals surface area contributed by atoms with Crippen molar-refractivity contribution in [1.82, 2.24) is 9.55 Å². The number of halogens is 2. The van der Waals surface area contributed by atoms with E-state index in [4.69, 9.17) is 23.2 Å². The Morgan fingerprint density at radius 3 is 2.72 bits per heavy atom. The summed E-state index contributed by atoms with van der Waals surface area (Å²) in [5, 5.41) is 4.39. The zero-order valence-corrected chi connectivity index (χ0v) is 11.8. The van der Waals surface area contributed by atoms with Crippen LogP contribution in [0.3, 0.4) is 0 Å². The maximum atomic E-state index is 6.02. The highest BCUT2D eigenvalue weighted by molar-refractivity contribution is 6.42. The molecule has 1 heterocycles. The van der Waals surface area contributed by atoms with E-state index in [1.165, 1.54) is 0 Å². The van der Waals surface area contributed by atoms with Gasteiger partial charge in [0.25, 0.3) is 0 Å². The van der Waals surface area contributed by atoms with Gasteiger partial charge in [0, 0.05) is 18.9 Å². The van der Waals surface area contributed by atoms with Crippen molar-refractivity contribution in [3.63, 3.8) is 0 Å². The molecule has 2 aromatic rings. The van der Waals surface area contributed by atoms with Crippen LogP contribution in [0.4, 0.5) is 5.95 Å². The molecule has 0 saturated carbocycles. The molecule has 0 saturated heterocycles. The fraction of sp³-hybridized carbons (Fsp3) is 0.308. The molecule has 1 aromatic heterocycles. The van der Waals surface area contributed by atoms with Crippen molar-refractivity contribution < 1.29 is 0 Å². The van der Waals surface area contributed by atoms with Crippen molar-refractivity contribution >= 4 is 29.2 Å². The van der Waals surface area contributed by atoms with Crippen LogP contribution in [0.2, 0.25) is 10.0 Å². The van der Waals surface area contributed by atoms with Crippen LogP contribution in [-0.2, 0) is 0 Å². The third-order valence-electron chi connectivity index (χ3n) is 2.49. The molecule has 0 unspecified atom stereocenters. The molecule has 0 aliphatic carbocycles. The largest absolute Gasteiger partial charge is 0.355 e. The van der Waals surface area contributed by atoms with Gasteiger partial charge >= 0.3 is 0 Å². The van der Waals surface area contributed by atoms with Crippen LogP contribution in [0.15, 0.2) is 30.6 Å². The first kappa shape index (κ1) is 13.2. The van der Waals surface area contributed by atoms with Gasteiger partial charge in [-0.3, -0.25) is 4.57 Å². The molecule has 18 heavy (non-hydrogen) atoms. The van der Waals surface area contributed by atoms with E-state index in [0.717, 1.165) is 18.2 Å². The summed E-state index contributed by atoms with van der Waals surface area (Å²) < 4.78 is 1.95. The number of anilines is 1. The molecule has 0 fully saturated rings. The number of imidazole rings is 1. The minimum atomic E-state index is 0.540. The Morgan fingerprint density at radius 2 is 2.06 bits per heavy atom. The first-order chi connectivity index (χ1) is 8.58. The molecule has 96 valence electrons. The van der Waals surface area contributed by atoms with Crippen molar-refractivity contribution in [2.24, 2.45) is 5.92 Å². The second-order valence-electron chi connectivity index (χ2n) is 4.49. The summed E-state index contributed by atoms with van der Waals surface area (Å²) in [6, 6.07) is 5.52. The van der Waals surface area contributed by atoms with Gasteiger partial charge in [0.15, 0.2) is 0 Å². The van der Waals surface area contributed by atoms with Gasteiger partial charge in [0.05, 0.1) is 15.7 Å². The maximum absolute atomic E-state index is 6.02. The Kier molecular flexibility index (Phi) is 4.15. The van der Waals surface area contributed by atoms with Crippen LogP contribution < -0.4 is 5.32 Å². The van der Waals surface area contributed by atoms with Gasteiger partial charge in [0.2, 0.25) is 5.95 Å². The fourth-order valence-corrected chi connectivity index (χ4v) is 1.87. The Labute approximate surface area is 117 Å². The van der Waals surface area contributed by atoms with Crippen molar-refractivity contribution in [2.45, 2.75) is 13.8 Å². The van der Waals surface area contributed by atoms with Gasteiger partial charge in [-0.2, -0.15) is 0 Å². The monoisotopic (exact) mass is 283 g/mol. The maximum Gasteiger partial charge on any atom is 0.207 e. The normalized spacial score (nSPS) is 10.9. The number of hydrogen-bond donors (Lipinski definition) is 1. The molecule has 1 aromatic carbocycles. The number of nitrogens with zero attached hydrogens (tertiary/aromatic N) is 2. The molecule has 1 N–H and O–H groups in total. The Morgan fingerprint density at radius 1 is 1.28 bits per heavy atom. The molecule has 0 aliphatic heterocycles. The topological polar surface area (TPSA) is 29.9 Å². The van der Waals surface area contributed by atoms with Gasteiger partial charge in [-0.25, -0.2) is 4.98 Å². The van der Waals surface area contributed by atoms with Crippen molar-refractivity contribution in [2.75, 3.05) is 11.9 Å². The number of hydrogen-bond acceptors (Lipinski definition) is 2. The van der Waals surface area contributed by atoms with Crippen LogP contribution in [0, 0.1) is 5.92 Å². The van der Waals surface area contributed by atoms with E-state index < -0.39 is 0 Å². The highest BCUT2D eigenvalue weighted by Gasteiger charge is 2.07. The van der Waals surface area contributed by atoms with E-state index >= 15 is 0 Å². The molecule has 0 radical (unpaired) electrons. The van der Waals surface area contributed by atoms with Crippen LogP contribution in [0.1, 0.15) is 13.8 Å². The zero-order chi connectivity index (χ0) is 13.1. The lowest BCUT2D eigenvalue weighted by Gasteiger charge is -2.11. The van der Waals surface area contributed by atoms with E-state index in [-0.39, 0.29) is 0 Å².